The Labute approximate surface area is 299 Å². The molecule has 49 heavy (non-hydrogen) atoms. The predicted molar refractivity (Wildman–Crippen MR) is 195 cm³/mol. The lowest BCUT2D eigenvalue weighted by molar-refractivity contribution is -0.140. The summed E-state index contributed by atoms with van der Waals surface area (Å²) >= 11 is 13.3. The molecule has 0 bridgehead atoms. The van der Waals surface area contributed by atoms with E-state index in [0.29, 0.717) is 21.4 Å². The molecule has 11 heteroatoms. The van der Waals surface area contributed by atoms with Crippen LogP contribution in [0.1, 0.15) is 48.8 Å². The number of halogens is 2. The second-order valence-electron chi connectivity index (χ2n) is 12.3. The van der Waals surface area contributed by atoms with Crippen molar-refractivity contribution in [1.29, 1.82) is 0 Å². The van der Waals surface area contributed by atoms with Crippen molar-refractivity contribution in [3.05, 3.63) is 124 Å². The summed E-state index contributed by atoms with van der Waals surface area (Å²) < 4.78 is 34.9. The van der Waals surface area contributed by atoms with E-state index in [2.05, 4.69) is 5.32 Å². The third-order valence-corrected chi connectivity index (χ3v) is 11.4. The van der Waals surface area contributed by atoms with Crippen molar-refractivity contribution in [1.82, 2.24) is 10.2 Å². The highest BCUT2D eigenvalue weighted by Gasteiger charge is 2.36. The maximum absolute atomic E-state index is 14.8. The van der Waals surface area contributed by atoms with Gasteiger partial charge in [0.25, 0.3) is 10.0 Å². The van der Waals surface area contributed by atoms with E-state index in [0.717, 1.165) is 47.5 Å². The van der Waals surface area contributed by atoms with E-state index in [4.69, 9.17) is 27.9 Å². The van der Waals surface area contributed by atoms with Crippen molar-refractivity contribution in [2.45, 2.75) is 69.0 Å². The van der Waals surface area contributed by atoms with Crippen LogP contribution in [-0.4, -0.2) is 50.9 Å². The van der Waals surface area contributed by atoms with Crippen LogP contribution in [-0.2, 0) is 32.6 Å². The van der Waals surface area contributed by atoms with Crippen LogP contribution in [0.3, 0.4) is 0 Å². The monoisotopic (exact) mass is 721 g/mol. The van der Waals surface area contributed by atoms with E-state index in [-0.39, 0.29) is 35.5 Å². The average Bonchev–Trinajstić information content (AvgIpc) is 3.10. The maximum Gasteiger partial charge on any atom is 0.264 e. The molecule has 4 aromatic carbocycles. The summed E-state index contributed by atoms with van der Waals surface area (Å²) in [6.07, 6.45) is 5.05. The first-order valence-corrected chi connectivity index (χ1v) is 18.6. The number of anilines is 1. The number of carbonyl (C=O) groups is 2. The fourth-order valence-corrected chi connectivity index (χ4v) is 8.00. The normalized spacial score (nSPS) is 14.1. The van der Waals surface area contributed by atoms with Crippen molar-refractivity contribution < 1.29 is 22.7 Å². The highest BCUT2D eigenvalue weighted by atomic mass is 35.5. The second kappa shape index (κ2) is 16.6. The molecule has 4 aromatic rings. The minimum absolute atomic E-state index is 0.0157. The zero-order valence-corrected chi connectivity index (χ0v) is 30.0. The second-order valence-corrected chi connectivity index (χ2v) is 15.0. The number of hydrogen-bond acceptors (Lipinski definition) is 5. The molecule has 8 nitrogen and oxygen atoms in total. The van der Waals surface area contributed by atoms with Crippen molar-refractivity contribution >= 4 is 50.7 Å². The number of amides is 2. The van der Waals surface area contributed by atoms with Gasteiger partial charge in [-0.15, -0.1) is 0 Å². The molecule has 5 rings (SSSR count). The molecule has 0 aliphatic heterocycles. The Bertz CT molecular complexity index is 1810. The number of nitrogens with one attached hydrogen (secondary N) is 1. The lowest BCUT2D eigenvalue weighted by Crippen LogP contribution is -2.55. The molecule has 1 atom stereocenters. The van der Waals surface area contributed by atoms with E-state index in [1.165, 1.54) is 24.1 Å². The van der Waals surface area contributed by atoms with Gasteiger partial charge in [0.2, 0.25) is 11.8 Å². The van der Waals surface area contributed by atoms with Crippen LogP contribution >= 0.6 is 23.2 Å². The number of nitrogens with zero attached hydrogens (tertiary/aromatic N) is 2. The van der Waals surface area contributed by atoms with Crippen molar-refractivity contribution in [3.63, 3.8) is 0 Å². The fraction of sp³-hybridized carbons (Fsp3) is 0.316. The summed E-state index contributed by atoms with van der Waals surface area (Å²) in [4.78, 5) is 30.5. The van der Waals surface area contributed by atoms with Crippen LogP contribution in [0.5, 0.6) is 5.75 Å². The molecule has 1 aliphatic rings. The number of rotatable bonds is 13. The Hall–Kier alpha value is -4.05. The molecule has 1 unspecified atom stereocenters. The lowest BCUT2D eigenvalue weighted by atomic mass is 9.94. The van der Waals surface area contributed by atoms with Crippen molar-refractivity contribution in [3.8, 4) is 5.75 Å². The summed E-state index contributed by atoms with van der Waals surface area (Å²) in [6, 6.07) is 26.4. The van der Waals surface area contributed by atoms with Crippen LogP contribution in [0.4, 0.5) is 5.69 Å². The molecule has 0 heterocycles. The highest BCUT2D eigenvalue weighted by molar-refractivity contribution is 7.92. The van der Waals surface area contributed by atoms with Crippen molar-refractivity contribution in [2.24, 2.45) is 0 Å². The topological polar surface area (TPSA) is 96.0 Å². The Kier molecular flexibility index (Phi) is 12.3. The van der Waals surface area contributed by atoms with Gasteiger partial charge in [-0.05, 0) is 73.9 Å². The molecule has 1 fully saturated rings. The number of hydrogen-bond donors (Lipinski definition) is 1. The third kappa shape index (κ3) is 9.15. The third-order valence-electron chi connectivity index (χ3n) is 8.86. The molecule has 1 N–H and O–H groups in total. The zero-order chi connectivity index (χ0) is 35.0. The maximum atomic E-state index is 14.8. The molecular formula is C38H41Cl2N3O5S. The summed E-state index contributed by atoms with van der Waals surface area (Å²) in [5.74, 6) is -0.382. The van der Waals surface area contributed by atoms with Gasteiger partial charge in [-0.3, -0.25) is 13.9 Å². The zero-order valence-electron chi connectivity index (χ0n) is 27.6. The summed E-state index contributed by atoms with van der Waals surface area (Å²) in [7, 11) is -2.73. The van der Waals surface area contributed by atoms with Gasteiger partial charge in [0.1, 0.15) is 18.3 Å². The number of aryl methyl sites for hydroxylation is 1. The number of benzene rings is 4. The van der Waals surface area contributed by atoms with Crippen LogP contribution in [0.2, 0.25) is 10.0 Å². The van der Waals surface area contributed by atoms with Gasteiger partial charge in [-0.1, -0.05) is 96.6 Å². The van der Waals surface area contributed by atoms with Crippen LogP contribution in [0, 0.1) is 6.92 Å². The first-order chi connectivity index (χ1) is 23.6. The summed E-state index contributed by atoms with van der Waals surface area (Å²) in [5, 5.41) is 3.86. The Morgan fingerprint density at radius 1 is 0.857 bits per heavy atom. The van der Waals surface area contributed by atoms with E-state index >= 15 is 0 Å². The van der Waals surface area contributed by atoms with Gasteiger partial charge in [0, 0.05) is 34.6 Å². The van der Waals surface area contributed by atoms with Gasteiger partial charge < -0.3 is 15.0 Å². The van der Waals surface area contributed by atoms with Crippen LogP contribution in [0.15, 0.2) is 102 Å². The quantitative estimate of drug-likeness (QED) is 0.154. The molecule has 1 saturated carbocycles. The molecule has 0 spiro atoms. The van der Waals surface area contributed by atoms with Crippen LogP contribution < -0.4 is 14.4 Å². The van der Waals surface area contributed by atoms with Gasteiger partial charge in [-0.25, -0.2) is 8.42 Å². The van der Waals surface area contributed by atoms with E-state index in [1.54, 1.807) is 54.6 Å². The van der Waals surface area contributed by atoms with Gasteiger partial charge in [0.15, 0.2) is 0 Å². The molecule has 0 radical (unpaired) electrons. The molecule has 0 aromatic heterocycles. The molecule has 258 valence electrons. The Morgan fingerprint density at radius 2 is 1.49 bits per heavy atom. The molecular weight excluding hydrogens is 681 g/mol. The smallest absolute Gasteiger partial charge is 0.264 e. The number of carbonyl (C=O) groups excluding carboxylic acids is 2. The average molecular weight is 723 g/mol. The number of ether oxygens (including phenoxy) is 1. The molecule has 2 amide bonds. The Morgan fingerprint density at radius 3 is 2.10 bits per heavy atom. The lowest BCUT2D eigenvalue weighted by Gasteiger charge is -2.35. The first-order valence-electron chi connectivity index (χ1n) is 16.4. The summed E-state index contributed by atoms with van der Waals surface area (Å²) in [5.41, 5.74) is 2.45. The fourth-order valence-electron chi connectivity index (χ4n) is 6.07. The Balaban J connectivity index is 1.59. The van der Waals surface area contributed by atoms with Gasteiger partial charge in [0.05, 0.1) is 17.7 Å². The predicted octanol–water partition coefficient (Wildman–Crippen LogP) is 7.59. The van der Waals surface area contributed by atoms with E-state index in [1.807, 2.05) is 37.3 Å². The molecule has 0 saturated heterocycles. The largest absolute Gasteiger partial charge is 0.497 e. The van der Waals surface area contributed by atoms with Crippen LogP contribution in [0.25, 0.3) is 0 Å². The highest BCUT2D eigenvalue weighted by Crippen LogP contribution is 2.30. The van der Waals surface area contributed by atoms with Gasteiger partial charge >= 0.3 is 0 Å². The minimum Gasteiger partial charge on any atom is -0.497 e. The van der Waals surface area contributed by atoms with E-state index < -0.39 is 28.5 Å². The number of sulfonamides is 1. The van der Waals surface area contributed by atoms with E-state index in [9.17, 15) is 18.0 Å². The van der Waals surface area contributed by atoms with Crippen molar-refractivity contribution in [2.75, 3.05) is 18.0 Å². The number of methoxy groups -OCH3 is 1. The first kappa shape index (κ1) is 36.2. The minimum atomic E-state index is -4.24. The standard InChI is InChI=1S/C38H41Cl2N3O5S/c1-27-16-22-32(23-17-27)49(46,47)43(30-18-20-31(48-2)21-19-30)26-37(44)42(25-33-34(39)14-9-15-35(33)40)36(24-28-10-5-3-6-11-28)38(45)41-29-12-7-4-8-13-29/h3,5-6,9-11,14-23,29,36H,4,7-8,12-13,24-26H2,1-2H3,(H,41,45). The van der Waals surface area contributed by atoms with Gasteiger partial charge in [-0.2, -0.15) is 0 Å². The molecule has 1 aliphatic carbocycles. The summed E-state index contributed by atoms with van der Waals surface area (Å²) in [6.45, 7) is 1.16. The SMILES string of the molecule is COc1ccc(N(CC(=O)N(Cc2c(Cl)cccc2Cl)C(Cc2ccccc2)C(=O)NC2CCCCC2)S(=O)(=O)c2ccc(C)cc2)cc1.